The molecule has 0 aromatic heterocycles. The number of thiocarbonyl (C=S) groups is 1. The lowest BCUT2D eigenvalue weighted by atomic mass is 9.97. The minimum absolute atomic E-state index is 0.203. The van der Waals surface area contributed by atoms with E-state index in [1.807, 2.05) is 30.3 Å². The Balaban J connectivity index is 2.02. The van der Waals surface area contributed by atoms with Crippen LogP contribution in [0.3, 0.4) is 0 Å². The van der Waals surface area contributed by atoms with E-state index < -0.39 is 0 Å². The van der Waals surface area contributed by atoms with E-state index in [2.05, 4.69) is 48.7 Å². The van der Waals surface area contributed by atoms with Crippen molar-refractivity contribution < 1.29 is 4.74 Å². The van der Waals surface area contributed by atoms with Crippen molar-refractivity contribution >= 4 is 23.0 Å². The summed E-state index contributed by atoms with van der Waals surface area (Å²) in [5.41, 5.74) is 2.19. The predicted octanol–water partition coefficient (Wildman–Crippen LogP) is 4.77. The fraction of sp³-hybridized carbons (Fsp3) is 0.316. The Hall–Kier alpha value is -2.07. The molecule has 2 rings (SSSR count). The number of nitrogens with one attached hydrogen (secondary N) is 2. The molecule has 2 aromatic carbocycles. The Bertz CT molecular complexity index is 611. The molecular weight excluding hydrogens is 304 g/mol. The van der Waals surface area contributed by atoms with Crippen LogP contribution in [0.25, 0.3) is 0 Å². The summed E-state index contributed by atoms with van der Waals surface area (Å²) in [6.07, 6.45) is 1.02. The monoisotopic (exact) mass is 328 g/mol. The molecule has 0 radical (unpaired) electrons. The highest BCUT2D eigenvalue weighted by Gasteiger charge is 2.14. The third-order valence-corrected chi connectivity index (χ3v) is 3.78. The molecule has 0 heterocycles. The molecule has 0 amide bonds. The first-order chi connectivity index (χ1) is 11.1. The fourth-order valence-electron chi connectivity index (χ4n) is 2.43. The maximum atomic E-state index is 5.47. The molecule has 0 bridgehead atoms. The number of benzene rings is 2. The van der Waals surface area contributed by atoms with Gasteiger partial charge < -0.3 is 15.4 Å². The smallest absolute Gasteiger partial charge is 0.171 e. The molecule has 3 nitrogen and oxygen atoms in total. The average molecular weight is 328 g/mol. The molecule has 0 saturated heterocycles. The molecule has 0 saturated carbocycles. The van der Waals surface area contributed by atoms with Crippen molar-refractivity contribution in [2.24, 2.45) is 5.92 Å². The van der Waals surface area contributed by atoms with Crippen molar-refractivity contribution in [3.8, 4) is 5.75 Å². The third kappa shape index (κ3) is 5.57. The zero-order valence-electron chi connectivity index (χ0n) is 13.9. The molecule has 1 atom stereocenters. The van der Waals surface area contributed by atoms with Crippen LogP contribution >= 0.6 is 12.2 Å². The van der Waals surface area contributed by atoms with Crippen molar-refractivity contribution in [1.82, 2.24) is 5.32 Å². The fourth-order valence-corrected chi connectivity index (χ4v) is 2.69. The van der Waals surface area contributed by atoms with E-state index in [4.69, 9.17) is 17.0 Å². The summed E-state index contributed by atoms with van der Waals surface area (Å²) in [4.78, 5) is 0. The lowest BCUT2D eigenvalue weighted by molar-refractivity contribution is 0.415. The lowest BCUT2D eigenvalue weighted by Gasteiger charge is -2.23. The summed E-state index contributed by atoms with van der Waals surface area (Å²) < 4.78 is 5.16. The van der Waals surface area contributed by atoms with Crippen LogP contribution in [0.1, 0.15) is 31.9 Å². The molecule has 0 aliphatic rings. The maximum absolute atomic E-state index is 5.47. The van der Waals surface area contributed by atoms with Crippen molar-refractivity contribution in [2.75, 3.05) is 12.4 Å². The number of ether oxygens (including phenoxy) is 1. The Morgan fingerprint density at radius 1 is 1.04 bits per heavy atom. The summed E-state index contributed by atoms with van der Waals surface area (Å²) in [7, 11) is 1.66. The first-order valence-corrected chi connectivity index (χ1v) is 8.26. The second-order valence-corrected chi connectivity index (χ2v) is 6.33. The van der Waals surface area contributed by atoms with Gasteiger partial charge in [0.15, 0.2) is 5.11 Å². The van der Waals surface area contributed by atoms with Crippen LogP contribution in [-0.2, 0) is 0 Å². The standard InChI is InChI=1S/C19H24N2OS/c1-14(2)13-18(15-7-5-4-6-8-15)21-19(23)20-16-9-11-17(22-3)12-10-16/h4-12,14,18H,13H2,1-3H3,(H2,20,21,23)/t18-/m1/s1. The van der Waals surface area contributed by atoms with E-state index in [9.17, 15) is 0 Å². The largest absolute Gasteiger partial charge is 0.497 e. The van der Waals surface area contributed by atoms with Gasteiger partial charge in [-0.1, -0.05) is 44.2 Å². The molecule has 2 aromatic rings. The average Bonchev–Trinajstić information content (AvgIpc) is 2.55. The van der Waals surface area contributed by atoms with Gasteiger partial charge in [-0.05, 0) is 54.4 Å². The highest BCUT2D eigenvalue weighted by atomic mass is 32.1. The molecule has 0 aliphatic heterocycles. The van der Waals surface area contributed by atoms with Crippen LogP contribution in [0, 0.1) is 5.92 Å². The quantitative estimate of drug-likeness (QED) is 0.749. The second kappa shape index (κ2) is 8.53. The molecule has 2 N–H and O–H groups in total. The van der Waals surface area contributed by atoms with Crippen molar-refractivity contribution in [3.63, 3.8) is 0 Å². The molecule has 0 spiro atoms. The Morgan fingerprint density at radius 3 is 2.26 bits per heavy atom. The van der Waals surface area contributed by atoms with Crippen LogP contribution < -0.4 is 15.4 Å². The number of methoxy groups -OCH3 is 1. The number of anilines is 1. The Kier molecular flexibility index (Phi) is 6.41. The summed E-state index contributed by atoms with van der Waals surface area (Å²) >= 11 is 5.47. The molecule has 0 fully saturated rings. The van der Waals surface area contributed by atoms with E-state index in [1.165, 1.54) is 5.56 Å². The van der Waals surface area contributed by atoms with Gasteiger partial charge in [-0.15, -0.1) is 0 Å². The van der Waals surface area contributed by atoms with Crippen molar-refractivity contribution in [3.05, 3.63) is 60.2 Å². The predicted molar refractivity (Wildman–Crippen MR) is 101 cm³/mol. The highest BCUT2D eigenvalue weighted by Crippen LogP contribution is 2.21. The summed E-state index contributed by atoms with van der Waals surface area (Å²) in [6.45, 7) is 4.44. The van der Waals surface area contributed by atoms with E-state index in [0.717, 1.165) is 17.9 Å². The van der Waals surface area contributed by atoms with E-state index in [1.54, 1.807) is 7.11 Å². The highest BCUT2D eigenvalue weighted by molar-refractivity contribution is 7.80. The molecule has 0 aliphatic carbocycles. The molecule has 4 heteroatoms. The van der Waals surface area contributed by atoms with Gasteiger partial charge in [0.2, 0.25) is 0 Å². The van der Waals surface area contributed by atoms with Gasteiger partial charge in [0, 0.05) is 5.69 Å². The summed E-state index contributed by atoms with van der Waals surface area (Å²) in [5, 5.41) is 7.29. The van der Waals surface area contributed by atoms with Crippen molar-refractivity contribution in [2.45, 2.75) is 26.3 Å². The van der Waals surface area contributed by atoms with E-state index in [-0.39, 0.29) is 6.04 Å². The molecular formula is C19H24N2OS. The van der Waals surface area contributed by atoms with Gasteiger partial charge in [0.05, 0.1) is 13.2 Å². The number of hydrogen-bond donors (Lipinski definition) is 2. The maximum Gasteiger partial charge on any atom is 0.171 e. The molecule has 122 valence electrons. The zero-order chi connectivity index (χ0) is 16.7. The SMILES string of the molecule is COc1ccc(NC(=S)N[C@H](CC(C)C)c2ccccc2)cc1. The van der Waals surface area contributed by atoms with E-state index >= 15 is 0 Å². The Labute approximate surface area is 144 Å². The van der Waals surface area contributed by atoms with Crippen molar-refractivity contribution in [1.29, 1.82) is 0 Å². The Morgan fingerprint density at radius 2 is 1.70 bits per heavy atom. The lowest BCUT2D eigenvalue weighted by Crippen LogP contribution is -2.33. The number of hydrogen-bond acceptors (Lipinski definition) is 2. The summed E-state index contributed by atoms with van der Waals surface area (Å²) in [5.74, 6) is 1.41. The van der Waals surface area contributed by atoms with Gasteiger partial charge in [-0.3, -0.25) is 0 Å². The number of rotatable bonds is 6. The van der Waals surface area contributed by atoms with Gasteiger partial charge in [0.1, 0.15) is 5.75 Å². The van der Waals surface area contributed by atoms with Crippen LogP contribution in [0.15, 0.2) is 54.6 Å². The van der Waals surface area contributed by atoms with Gasteiger partial charge >= 0.3 is 0 Å². The first-order valence-electron chi connectivity index (χ1n) is 7.85. The van der Waals surface area contributed by atoms with Crippen LogP contribution in [0.5, 0.6) is 5.75 Å². The molecule has 0 unspecified atom stereocenters. The van der Waals surface area contributed by atoms with Gasteiger partial charge in [-0.25, -0.2) is 0 Å². The van der Waals surface area contributed by atoms with Crippen LogP contribution in [0.4, 0.5) is 5.69 Å². The van der Waals surface area contributed by atoms with Gasteiger partial charge in [-0.2, -0.15) is 0 Å². The molecule has 23 heavy (non-hydrogen) atoms. The second-order valence-electron chi connectivity index (χ2n) is 5.92. The minimum Gasteiger partial charge on any atom is -0.497 e. The van der Waals surface area contributed by atoms with Crippen LogP contribution in [0.2, 0.25) is 0 Å². The minimum atomic E-state index is 0.203. The zero-order valence-corrected chi connectivity index (χ0v) is 14.7. The summed E-state index contributed by atoms with van der Waals surface area (Å²) in [6, 6.07) is 18.3. The third-order valence-electron chi connectivity index (χ3n) is 3.56. The van der Waals surface area contributed by atoms with Gasteiger partial charge in [0.25, 0.3) is 0 Å². The topological polar surface area (TPSA) is 33.3 Å². The van der Waals surface area contributed by atoms with Crippen LogP contribution in [-0.4, -0.2) is 12.2 Å². The van der Waals surface area contributed by atoms with E-state index in [0.29, 0.717) is 11.0 Å². The normalized spacial score (nSPS) is 11.8. The first kappa shape index (κ1) is 17.3.